The molecule has 1 N–H and O–H groups in total. The fraction of sp³-hybridized carbons (Fsp3) is 0.318. The number of carbonyl (C=O) groups is 1. The van der Waals surface area contributed by atoms with Crippen LogP contribution in [0.5, 0.6) is 11.5 Å². The Balaban J connectivity index is 1.46. The first-order valence-electron chi connectivity index (χ1n) is 9.74. The molecule has 0 radical (unpaired) electrons. The van der Waals surface area contributed by atoms with Gasteiger partial charge in [0.2, 0.25) is 17.7 Å². The van der Waals surface area contributed by atoms with E-state index in [-0.39, 0.29) is 5.91 Å². The number of rotatable bonds is 10. The van der Waals surface area contributed by atoms with Crippen LogP contribution in [-0.2, 0) is 17.8 Å². The van der Waals surface area contributed by atoms with E-state index in [1.807, 2.05) is 37.3 Å². The second-order valence-electron chi connectivity index (χ2n) is 6.54. The van der Waals surface area contributed by atoms with Gasteiger partial charge >= 0.3 is 0 Å². The van der Waals surface area contributed by atoms with Crippen LogP contribution in [0.3, 0.4) is 0 Å². The maximum Gasteiger partial charge on any atom is 0.247 e. The zero-order chi connectivity index (χ0) is 21.3. The summed E-state index contributed by atoms with van der Waals surface area (Å²) in [4.78, 5) is 12.2. The van der Waals surface area contributed by atoms with E-state index in [1.165, 1.54) is 0 Å². The van der Waals surface area contributed by atoms with Crippen LogP contribution in [0.25, 0.3) is 11.5 Å². The number of nitrogens with one attached hydrogen (secondary N) is 1. The Bertz CT molecular complexity index is 976. The van der Waals surface area contributed by atoms with Gasteiger partial charge in [-0.15, -0.1) is 10.2 Å². The van der Waals surface area contributed by atoms with Gasteiger partial charge in [-0.05, 0) is 43.2 Å². The van der Waals surface area contributed by atoms with Crippen molar-refractivity contribution in [2.24, 2.45) is 0 Å². The Morgan fingerprint density at radius 3 is 2.73 bits per heavy atom. The minimum absolute atomic E-state index is 0.0678. The number of ether oxygens (including phenoxy) is 2. The van der Waals surface area contributed by atoms with Crippen molar-refractivity contribution in [3.63, 3.8) is 0 Å². The van der Waals surface area contributed by atoms with E-state index in [0.717, 1.165) is 11.1 Å². The van der Waals surface area contributed by atoms with Crippen molar-refractivity contribution in [2.45, 2.75) is 32.7 Å². The van der Waals surface area contributed by atoms with E-state index in [4.69, 9.17) is 25.5 Å². The number of benzene rings is 2. The Hall–Kier alpha value is -3.06. The third-order valence-electron chi connectivity index (χ3n) is 4.35. The molecule has 0 bridgehead atoms. The van der Waals surface area contributed by atoms with Crippen molar-refractivity contribution in [1.82, 2.24) is 15.5 Å². The molecule has 1 aromatic heterocycles. The van der Waals surface area contributed by atoms with Crippen molar-refractivity contribution in [2.75, 3.05) is 13.7 Å². The summed E-state index contributed by atoms with van der Waals surface area (Å²) in [5.41, 5.74) is 1.71. The van der Waals surface area contributed by atoms with Crippen LogP contribution in [0.4, 0.5) is 0 Å². The molecule has 0 saturated carbocycles. The van der Waals surface area contributed by atoms with Crippen molar-refractivity contribution in [3.05, 3.63) is 58.9 Å². The van der Waals surface area contributed by atoms with Crippen LogP contribution in [0.15, 0.2) is 46.9 Å². The molecule has 0 atom stereocenters. The number of aryl methyl sites for hydroxylation is 1. The maximum atomic E-state index is 12.2. The van der Waals surface area contributed by atoms with Gasteiger partial charge in [0.05, 0.1) is 18.7 Å². The average molecular weight is 430 g/mol. The van der Waals surface area contributed by atoms with Gasteiger partial charge in [0.15, 0.2) is 11.5 Å². The molecular weight excluding hydrogens is 406 g/mol. The van der Waals surface area contributed by atoms with Gasteiger partial charge in [-0.1, -0.05) is 29.8 Å². The summed E-state index contributed by atoms with van der Waals surface area (Å²) in [5, 5.41) is 11.4. The van der Waals surface area contributed by atoms with Gasteiger partial charge in [-0.3, -0.25) is 4.79 Å². The number of aromatic nitrogens is 2. The molecule has 8 heteroatoms. The highest BCUT2D eigenvalue weighted by molar-refractivity contribution is 6.32. The number of hydrogen-bond acceptors (Lipinski definition) is 6. The maximum absolute atomic E-state index is 12.2. The van der Waals surface area contributed by atoms with Crippen LogP contribution in [-0.4, -0.2) is 29.8 Å². The predicted octanol–water partition coefficient (Wildman–Crippen LogP) is 4.44. The molecule has 7 nitrogen and oxygen atoms in total. The minimum Gasteiger partial charge on any atom is -0.493 e. The zero-order valence-electron chi connectivity index (χ0n) is 17.0. The molecule has 0 aliphatic rings. The Morgan fingerprint density at radius 1 is 1.20 bits per heavy atom. The molecule has 30 heavy (non-hydrogen) atoms. The van der Waals surface area contributed by atoms with Gasteiger partial charge in [0.1, 0.15) is 0 Å². The van der Waals surface area contributed by atoms with E-state index in [0.29, 0.717) is 60.7 Å². The summed E-state index contributed by atoms with van der Waals surface area (Å²) >= 11 is 6.26. The highest BCUT2D eigenvalue weighted by Crippen LogP contribution is 2.36. The highest BCUT2D eigenvalue weighted by atomic mass is 35.5. The number of carbonyl (C=O) groups excluding carboxylic acids is 1. The standard InChI is InChI=1S/C22H24ClN3O4/c1-3-29-21-17(23)12-15(13-18(21)28-2)14-24-19(27)10-7-11-20-25-26-22(30-20)16-8-5-4-6-9-16/h4-6,8-9,12-13H,3,7,10-11,14H2,1-2H3,(H,24,27). The van der Waals surface area contributed by atoms with Gasteiger partial charge in [0, 0.05) is 24.9 Å². The first-order chi connectivity index (χ1) is 14.6. The molecule has 0 saturated heterocycles. The third-order valence-corrected chi connectivity index (χ3v) is 4.63. The molecule has 0 unspecified atom stereocenters. The first kappa shape index (κ1) is 21.6. The quantitative estimate of drug-likeness (QED) is 0.512. The summed E-state index contributed by atoms with van der Waals surface area (Å²) in [6.07, 6.45) is 1.50. The van der Waals surface area contributed by atoms with Crippen LogP contribution in [0.1, 0.15) is 31.2 Å². The summed E-state index contributed by atoms with van der Waals surface area (Å²) in [7, 11) is 1.55. The van der Waals surface area contributed by atoms with Crippen molar-refractivity contribution >= 4 is 17.5 Å². The molecule has 158 valence electrons. The van der Waals surface area contributed by atoms with Crippen molar-refractivity contribution in [3.8, 4) is 23.0 Å². The van der Waals surface area contributed by atoms with Gasteiger partial charge < -0.3 is 19.2 Å². The van der Waals surface area contributed by atoms with Crippen LogP contribution in [0, 0.1) is 0 Å². The summed E-state index contributed by atoms with van der Waals surface area (Å²) < 4.78 is 16.5. The number of nitrogens with zero attached hydrogens (tertiary/aromatic N) is 2. The molecule has 1 heterocycles. The Labute approximate surface area is 180 Å². The van der Waals surface area contributed by atoms with Gasteiger partial charge in [-0.2, -0.15) is 0 Å². The SMILES string of the molecule is CCOc1c(Cl)cc(CNC(=O)CCCc2nnc(-c3ccccc3)o2)cc1OC. The largest absolute Gasteiger partial charge is 0.493 e. The molecule has 1 amide bonds. The van der Waals surface area contributed by atoms with Crippen molar-refractivity contribution < 1.29 is 18.7 Å². The fourth-order valence-electron chi connectivity index (χ4n) is 2.90. The molecule has 3 aromatic rings. The lowest BCUT2D eigenvalue weighted by Crippen LogP contribution is -2.22. The molecule has 0 spiro atoms. The molecule has 0 aliphatic heterocycles. The lowest BCUT2D eigenvalue weighted by molar-refractivity contribution is -0.121. The fourth-order valence-corrected chi connectivity index (χ4v) is 3.19. The number of amides is 1. The smallest absolute Gasteiger partial charge is 0.247 e. The lowest BCUT2D eigenvalue weighted by Gasteiger charge is -2.13. The molecule has 2 aromatic carbocycles. The lowest BCUT2D eigenvalue weighted by atomic mass is 10.2. The van der Waals surface area contributed by atoms with E-state index >= 15 is 0 Å². The zero-order valence-corrected chi connectivity index (χ0v) is 17.7. The average Bonchev–Trinajstić information content (AvgIpc) is 3.23. The van der Waals surface area contributed by atoms with Gasteiger partial charge in [0.25, 0.3) is 0 Å². The minimum atomic E-state index is -0.0678. The molecule has 0 aliphatic carbocycles. The van der Waals surface area contributed by atoms with Gasteiger partial charge in [-0.25, -0.2) is 0 Å². The third kappa shape index (κ3) is 5.73. The second-order valence-corrected chi connectivity index (χ2v) is 6.95. The van der Waals surface area contributed by atoms with Crippen LogP contribution in [0.2, 0.25) is 5.02 Å². The van der Waals surface area contributed by atoms with E-state index < -0.39 is 0 Å². The van der Waals surface area contributed by atoms with Crippen LogP contribution < -0.4 is 14.8 Å². The number of methoxy groups -OCH3 is 1. The summed E-state index contributed by atoms with van der Waals surface area (Å²) in [5.74, 6) is 1.98. The first-order valence-corrected chi connectivity index (χ1v) is 10.1. The highest BCUT2D eigenvalue weighted by Gasteiger charge is 2.13. The summed E-state index contributed by atoms with van der Waals surface area (Å²) in [6, 6.07) is 13.1. The molecule has 0 fully saturated rings. The Morgan fingerprint density at radius 2 is 2.00 bits per heavy atom. The van der Waals surface area contributed by atoms with Crippen LogP contribution >= 0.6 is 11.6 Å². The molecular formula is C22H24ClN3O4. The van der Waals surface area contributed by atoms with E-state index in [1.54, 1.807) is 19.2 Å². The normalized spacial score (nSPS) is 10.6. The van der Waals surface area contributed by atoms with Crippen molar-refractivity contribution in [1.29, 1.82) is 0 Å². The topological polar surface area (TPSA) is 86.5 Å². The summed E-state index contributed by atoms with van der Waals surface area (Å²) in [6.45, 7) is 2.71. The monoisotopic (exact) mass is 429 g/mol. The number of hydrogen-bond donors (Lipinski definition) is 1. The second kappa shape index (κ2) is 10.6. The number of halogens is 1. The molecule has 3 rings (SSSR count). The Kier molecular flexibility index (Phi) is 7.68. The predicted molar refractivity (Wildman–Crippen MR) is 114 cm³/mol. The van der Waals surface area contributed by atoms with E-state index in [2.05, 4.69) is 15.5 Å². The van der Waals surface area contributed by atoms with E-state index in [9.17, 15) is 4.79 Å².